The van der Waals surface area contributed by atoms with Crippen molar-refractivity contribution in [3.05, 3.63) is 11.6 Å². The van der Waals surface area contributed by atoms with Gasteiger partial charge in [0.05, 0.1) is 6.61 Å². The molecule has 0 radical (unpaired) electrons. The Labute approximate surface area is 115 Å². The zero-order valence-electron chi connectivity index (χ0n) is 11.1. The summed E-state index contributed by atoms with van der Waals surface area (Å²) in [5.41, 5.74) is 0. The number of hydrogen-bond donors (Lipinski definition) is 2. The van der Waals surface area contributed by atoms with E-state index in [4.69, 9.17) is 24.5 Å². The molecule has 1 heterocycles. The van der Waals surface area contributed by atoms with Crippen molar-refractivity contribution in [1.82, 2.24) is 9.88 Å². The van der Waals surface area contributed by atoms with Crippen LogP contribution in [0.5, 0.6) is 5.19 Å². The van der Waals surface area contributed by atoms with Crippen LogP contribution in [-0.2, 0) is 9.59 Å². The number of carbonyl (C=O) groups is 2. The summed E-state index contributed by atoms with van der Waals surface area (Å²) < 4.78 is 5.45. The summed E-state index contributed by atoms with van der Waals surface area (Å²) in [6.07, 6.45) is 2.79. The second-order valence-corrected chi connectivity index (χ2v) is 4.72. The van der Waals surface area contributed by atoms with Crippen molar-refractivity contribution < 1.29 is 24.5 Å². The van der Waals surface area contributed by atoms with Crippen molar-refractivity contribution in [2.45, 2.75) is 19.4 Å². The van der Waals surface area contributed by atoms with E-state index in [0.717, 1.165) is 18.2 Å². The fourth-order valence-corrected chi connectivity index (χ4v) is 1.37. The van der Waals surface area contributed by atoms with Gasteiger partial charge in [0.25, 0.3) is 5.19 Å². The summed E-state index contributed by atoms with van der Waals surface area (Å²) in [6.45, 7) is 2.93. The molecule has 0 aliphatic rings. The van der Waals surface area contributed by atoms with Crippen LogP contribution in [0.2, 0.25) is 0 Å². The van der Waals surface area contributed by atoms with Crippen LogP contribution in [0, 0.1) is 0 Å². The molecular formula is C11H18N2O5S. The Bertz CT molecular complexity index is 368. The minimum atomic E-state index is -1.82. The van der Waals surface area contributed by atoms with E-state index < -0.39 is 11.9 Å². The van der Waals surface area contributed by atoms with Gasteiger partial charge in [-0.05, 0) is 27.4 Å². The molecule has 8 heteroatoms. The average Bonchev–Trinajstić information content (AvgIpc) is 2.82. The Hall–Kier alpha value is -1.67. The summed E-state index contributed by atoms with van der Waals surface area (Å²) in [7, 11) is 4.15. The summed E-state index contributed by atoms with van der Waals surface area (Å²) >= 11 is 1.54. The number of thiazole rings is 1. The molecule has 0 saturated carbocycles. The summed E-state index contributed by atoms with van der Waals surface area (Å²) in [5.74, 6) is -3.65. The molecule has 0 aromatic carbocycles. The standard InChI is InChI=1S/C9H16N2OS.C2H2O4/c1-8(11(2)3)4-6-12-9-10-5-7-13-9;3-1(4)2(5)6/h5,7-8H,4,6H2,1-3H3;(H,3,4)(H,5,6). The third-order valence-electron chi connectivity index (χ3n) is 2.24. The quantitative estimate of drug-likeness (QED) is 0.781. The Balaban J connectivity index is 0.000000459. The Morgan fingerprint density at radius 2 is 2.00 bits per heavy atom. The van der Waals surface area contributed by atoms with Crippen molar-refractivity contribution in [2.24, 2.45) is 0 Å². The van der Waals surface area contributed by atoms with E-state index in [1.807, 2.05) is 5.38 Å². The molecule has 1 unspecified atom stereocenters. The van der Waals surface area contributed by atoms with Crippen LogP contribution >= 0.6 is 11.3 Å². The largest absolute Gasteiger partial charge is 0.473 e. The molecule has 0 spiro atoms. The van der Waals surface area contributed by atoms with Crippen molar-refractivity contribution in [3.63, 3.8) is 0 Å². The maximum Gasteiger partial charge on any atom is 0.414 e. The molecular weight excluding hydrogens is 272 g/mol. The van der Waals surface area contributed by atoms with E-state index >= 15 is 0 Å². The minimum Gasteiger partial charge on any atom is -0.473 e. The first-order chi connectivity index (χ1) is 8.84. The molecule has 0 bridgehead atoms. The van der Waals surface area contributed by atoms with Gasteiger partial charge in [0.2, 0.25) is 0 Å². The predicted octanol–water partition coefficient (Wildman–Crippen LogP) is 1.02. The lowest BCUT2D eigenvalue weighted by Gasteiger charge is -2.18. The van der Waals surface area contributed by atoms with Gasteiger partial charge in [-0.1, -0.05) is 11.3 Å². The predicted molar refractivity (Wildman–Crippen MR) is 70.6 cm³/mol. The highest BCUT2D eigenvalue weighted by Gasteiger charge is 2.05. The fourth-order valence-electron chi connectivity index (χ4n) is 0.857. The van der Waals surface area contributed by atoms with Crippen molar-refractivity contribution >= 4 is 23.3 Å². The molecule has 1 rings (SSSR count). The van der Waals surface area contributed by atoms with Crippen molar-refractivity contribution in [1.29, 1.82) is 0 Å². The topological polar surface area (TPSA) is 100.0 Å². The molecule has 1 atom stereocenters. The zero-order chi connectivity index (χ0) is 14.8. The molecule has 19 heavy (non-hydrogen) atoms. The average molecular weight is 290 g/mol. The molecule has 1 aromatic heterocycles. The maximum absolute atomic E-state index is 9.10. The third-order valence-corrected chi connectivity index (χ3v) is 2.92. The monoisotopic (exact) mass is 290 g/mol. The molecule has 108 valence electrons. The SMILES string of the molecule is CC(CCOc1nccs1)N(C)C.O=C(O)C(=O)O. The van der Waals surface area contributed by atoms with E-state index in [1.165, 1.54) is 11.3 Å². The van der Waals surface area contributed by atoms with Gasteiger partial charge in [0, 0.05) is 17.6 Å². The number of aromatic nitrogens is 1. The molecule has 0 fully saturated rings. The van der Waals surface area contributed by atoms with Gasteiger partial charge >= 0.3 is 11.9 Å². The van der Waals surface area contributed by atoms with Crippen molar-refractivity contribution in [2.75, 3.05) is 20.7 Å². The highest BCUT2D eigenvalue weighted by Crippen LogP contribution is 2.13. The Morgan fingerprint density at radius 3 is 2.37 bits per heavy atom. The van der Waals surface area contributed by atoms with Crippen LogP contribution in [0.1, 0.15) is 13.3 Å². The van der Waals surface area contributed by atoms with Crippen LogP contribution in [0.25, 0.3) is 0 Å². The summed E-state index contributed by atoms with van der Waals surface area (Å²) in [4.78, 5) is 24.4. The number of aliphatic carboxylic acids is 2. The van der Waals surface area contributed by atoms with Crippen LogP contribution in [0.3, 0.4) is 0 Å². The summed E-state index contributed by atoms with van der Waals surface area (Å²) in [5, 5.41) is 17.5. The first-order valence-corrected chi connectivity index (χ1v) is 6.37. The normalized spacial score (nSPS) is 11.4. The molecule has 0 aliphatic heterocycles. The summed E-state index contributed by atoms with van der Waals surface area (Å²) in [6, 6.07) is 0.556. The lowest BCUT2D eigenvalue weighted by atomic mass is 10.2. The smallest absolute Gasteiger partial charge is 0.414 e. The van der Waals surface area contributed by atoms with Crippen LogP contribution in [0.15, 0.2) is 11.6 Å². The number of hydrogen-bond acceptors (Lipinski definition) is 6. The van der Waals surface area contributed by atoms with E-state index in [-0.39, 0.29) is 0 Å². The van der Waals surface area contributed by atoms with Crippen molar-refractivity contribution in [3.8, 4) is 5.19 Å². The number of carboxylic acids is 2. The molecule has 1 aromatic rings. The second kappa shape index (κ2) is 9.29. The zero-order valence-corrected chi connectivity index (χ0v) is 11.9. The van der Waals surface area contributed by atoms with Gasteiger partial charge in [-0.25, -0.2) is 14.6 Å². The fraction of sp³-hybridized carbons (Fsp3) is 0.545. The molecule has 7 nitrogen and oxygen atoms in total. The van der Waals surface area contributed by atoms with E-state index in [2.05, 4.69) is 30.9 Å². The van der Waals surface area contributed by atoms with Gasteiger partial charge in [-0.3, -0.25) is 0 Å². The van der Waals surface area contributed by atoms with Gasteiger partial charge in [-0.2, -0.15) is 0 Å². The van der Waals surface area contributed by atoms with Crippen LogP contribution in [0.4, 0.5) is 0 Å². The second-order valence-electron chi connectivity index (χ2n) is 3.86. The Morgan fingerprint density at radius 1 is 1.42 bits per heavy atom. The lowest BCUT2D eigenvalue weighted by molar-refractivity contribution is -0.159. The number of nitrogens with zero attached hydrogens (tertiary/aromatic N) is 2. The van der Waals surface area contributed by atoms with Crippen LogP contribution in [-0.4, -0.2) is 58.8 Å². The molecule has 0 aliphatic carbocycles. The van der Waals surface area contributed by atoms with Gasteiger partial charge in [0.15, 0.2) is 0 Å². The van der Waals surface area contributed by atoms with Crippen LogP contribution < -0.4 is 4.74 Å². The highest BCUT2D eigenvalue weighted by atomic mass is 32.1. The molecule has 0 saturated heterocycles. The van der Waals surface area contributed by atoms with E-state index in [1.54, 1.807) is 6.20 Å². The first kappa shape index (κ1) is 17.3. The first-order valence-electron chi connectivity index (χ1n) is 5.49. The van der Waals surface area contributed by atoms with E-state index in [9.17, 15) is 0 Å². The third kappa shape index (κ3) is 8.97. The maximum atomic E-state index is 9.10. The minimum absolute atomic E-state index is 0.556. The highest BCUT2D eigenvalue weighted by molar-refractivity contribution is 7.11. The lowest BCUT2D eigenvalue weighted by Crippen LogP contribution is -2.26. The molecule has 2 N–H and O–H groups in total. The van der Waals surface area contributed by atoms with Gasteiger partial charge in [-0.15, -0.1) is 0 Å². The Kier molecular flexibility index (Phi) is 8.47. The number of rotatable bonds is 5. The van der Waals surface area contributed by atoms with Gasteiger partial charge in [0.1, 0.15) is 0 Å². The van der Waals surface area contributed by atoms with Gasteiger partial charge < -0.3 is 19.8 Å². The van der Waals surface area contributed by atoms with E-state index in [0.29, 0.717) is 6.04 Å². The molecule has 0 amide bonds. The number of ether oxygens (including phenoxy) is 1. The number of carboxylic acid groups (broad SMARTS) is 2.